The largest absolute Gasteiger partial charge is 0.344 e. The lowest BCUT2D eigenvalue weighted by Crippen LogP contribution is -2.23. The van der Waals surface area contributed by atoms with E-state index in [1.807, 2.05) is 0 Å². The molecule has 0 fully saturated rings. The van der Waals surface area contributed by atoms with Gasteiger partial charge in [-0.2, -0.15) is 10.1 Å². The van der Waals surface area contributed by atoms with E-state index in [9.17, 15) is 13.6 Å². The summed E-state index contributed by atoms with van der Waals surface area (Å²) < 4.78 is 32.7. The molecule has 0 bridgehead atoms. The highest BCUT2D eigenvalue weighted by atomic mass is 19.1. The van der Waals surface area contributed by atoms with Gasteiger partial charge in [0.1, 0.15) is 11.6 Å². The molecule has 4 aromatic rings. The van der Waals surface area contributed by atoms with E-state index in [0.717, 1.165) is 5.56 Å². The van der Waals surface area contributed by atoms with Crippen LogP contribution in [0.2, 0.25) is 0 Å². The molecule has 2 heterocycles. The highest BCUT2D eigenvalue weighted by Crippen LogP contribution is 2.21. The maximum absolute atomic E-state index is 13.1. The van der Waals surface area contributed by atoms with Crippen molar-refractivity contribution in [2.75, 3.05) is 0 Å². The van der Waals surface area contributed by atoms with Gasteiger partial charge >= 0.3 is 11.8 Å². The number of benzene rings is 2. The molecule has 0 radical (unpaired) electrons. The summed E-state index contributed by atoms with van der Waals surface area (Å²) in [5.74, 6) is -1.22. The molecular weight excluding hydrogens is 380 g/mol. The number of halogens is 2. The summed E-state index contributed by atoms with van der Waals surface area (Å²) in [5.41, 5.74) is 2.60. The van der Waals surface area contributed by atoms with Gasteiger partial charge in [0.2, 0.25) is 5.82 Å². The Hall–Kier alpha value is -3.88. The van der Waals surface area contributed by atoms with Gasteiger partial charge in [-0.3, -0.25) is 4.79 Å². The molecule has 4 rings (SSSR count). The van der Waals surface area contributed by atoms with Crippen molar-refractivity contribution in [1.82, 2.24) is 25.2 Å². The van der Waals surface area contributed by atoms with Crippen LogP contribution in [0.1, 0.15) is 21.9 Å². The molecular formula is C20H15F2N5O2. The van der Waals surface area contributed by atoms with Crippen molar-refractivity contribution in [2.24, 2.45) is 0 Å². The predicted octanol–water partition coefficient (Wildman–Crippen LogP) is 3.44. The number of nitrogens with one attached hydrogen (secondary N) is 1. The number of carbonyl (C=O) groups excluding carboxylic acids is 1. The molecule has 0 unspecified atom stereocenters. The van der Waals surface area contributed by atoms with Crippen molar-refractivity contribution >= 4 is 5.91 Å². The van der Waals surface area contributed by atoms with Crippen LogP contribution in [0.3, 0.4) is 0 Å². The maximum atomic E-state index is 13.1. The van der Waals surface area contributed by atoms with Crippen LogP contribution in [0.4, 0.5) is 8.78 Å². The lowest BCUT2D eigenvalue weighted by Gasteiger charge is -2.01. The second-order valence-corrected chi connectivity index (χ2v) is 6.28. The minimum Gasteiger partial charge on any atom is -0.344 e. The number of carbonyl (C=O) groups is 1. The Morgan fingerprint density at radius 2 is 1.72 bits per heavy atom. The molecule has 0 spiro atoms. The maximum Gasteiger partial charge on any atom is 0.316 e. The van der Waals surface area contributed by atoms with E-state index in [4.69, 9.17) is 4.52 Å². The number of amides is 1. The van der Waals surface area contributed by atoms with Crippen LogP contribution in [-0.4, -0.2) is 25.8 Å². The van der Waals surface area contributed by atoms with E-state index in [0.29, 0.717) is 16.9 Å². The van der Waals surface area contributed by atoms with Crippen LogP contribution >= 0.6 is 0 Å². The molecule has 0 aliphatic carbocycles. The zero-order valence-corrected chi connectivity index (χ0v) is 15.3. The third kappa shape index (κ3) is 4.03. The van der Waals surface area contributed by atoms with Crippen molar-refractivity contribution in [3.8, 4) is 17.1 Å². The Morgan fingerprint density at radius 1 is 1.07 bits per heavy atom. The van der Waals surface area contributed by atoms with Crippen LogP contribution in [0.5, 0.6) is 0 Å². The molecule has 29 heavy (non-hydrogen) atoms. The van der Waals surface area contributed by atoms with E-state index < -0.39 is 5.91 Å². The summed E-state index contributed by atoms with van der Waals surface area (Å²) in [6.45, 7) is 1.96. The first-order valence-corrected chi connectivity index (χ1v) is 8.68. The minimum atomic E-state index is -0.545. The van der Waals surface area contributed by atoms with Crippen molar-refractivity contribution in [3.63, 3.8) is 0 Å². The van der Waals surface area contributed by atoms with Crippen LogP contribution in [0.25, 0.3) is 17.1 Å². The van der Waals surface area contributed by atoms with E-state index in [-0.39, 0.29) is 29.9 Å². The van der Waals surface area contributed by atoms with Crippen LogP contribution in [0.15, 0.2) is 59.3 Å². The molecule has 0 aliphatic heterocycles. The smallest absolute Gasteiger partial charge is 0.316 e. The number of aryl methyl sites for hydroxylation is 1. The molecule has 0 atom stereocenters. The van der Waals surface area contributed by atoms with Gasteiger partial charge in [0.25, 0.3) is 0 Å². The fourth-order valence-corrected chi connectivity index (χ4v) is 2.69. The molecule has 0 aliphatic rings. The quantitative estimate of drug-likeness (QED) is 0.560. The van der Waals surface area contributed by atoms with Gasteiger partial charge in [-0.15, -0.1) is 0 Å². The Morgan fingerprint density at radius 3 is 2.41 bits per heavy atom. The van der Waals surface area contributed by atoms with Crippen LogP contribution < -0.4 is 5.32 Å². The molecule has 1 N–H and O–H groups in total. The average Bonchev–Trinajstić information content (AvgIpc) is 3.35. The first kappa shape index (κ1) is 18.5. The molecule has 0 saturated heterocycles. The minimum absolute atomic E-state index is 0.193. The lowest BCUT2D eigenvalue weighted by atomic mass is 10.2. The molecule has 146 valence electrons. The number of aromatic nitrogens is 4. The Labute approximate surface area is 164 Å². The fourth-order valence-electron chi connectivity index (χ4n) is 2.69. The normalized spacial score (nSPS) is 10.9. The van der Waals surface area contributed by atoms with Gasteiger partial charge < -0.3 is 9.84 Å². The predicted molar refractivity (Wildman–Crippen MR) is 99.1 cm³/mol. The van der Waals surface area contributed by atoms with Gasteiger partial charge in [0.15, 0.2) is 0 Å². The van der Waals surface area contributed by atoms with Crippen LogP contribution in [0, 0.1) is 18.6 Å². The summed E-state index contributed by atoms with van der Waals surface area (Å²) >= 11 is 0. The topological polar surface area (TPSA) is 85.8 Å². The van der Waals surface area contributed by atoms with Crippen LogP contribution in [-0.2, 0) is 6.54 Å². The first-order chi connectivity index (χ1) is 14.0. The molecule has 2 aromatic heterocycles. The lowest BCUT2D eigenvalue weighted by molar-refractivity contribution is 0.0907. The SMILES string of the molecule is Cc1nn(-c2ccc(F)cc2)cc1-c1noc(C(=O)NCc2ccc(F)cc2)n1. The molecule has 1 amide bonds. The van der Waals surface area contributed by atoms with Crippen molar-refractivity contribution < 1.29 is 18.1 Å². The van der Waals surface area contributed by atoms with Gasteiger partial charge in [0, 0.05) is 12.7 Å². The molecule has 9 heteroatoms. The van der Waals surface area contributed by atoms with Gasteiger partial charge in [-0.1, -0.05) is 17.3 Å². The monoisotopic (exact) mass is 395 g/mol. The molecule has 2 aromatic carbocycles. The summed E-state index contributed by atoms with van der Waals surface area (Å²) in [6.07, 6.45) is 1.67. The zero-order valence-electron chi connectivity index (χ0n) is 15.3. The summed E-state index contributed by atoms with van der Waals surface area (Å²) in [6, 6.07) is 11.6. The number of nitrogens with zero attached hydrogens (tertiary/aromatic N) is 4. The van der Waals surface area contributed by atoms with E-state index in [2.05, 4.69) is 20.6 Å². The number of hydrogen-bond donors (Lipinski definition) is 1. The second kappa shape index (κ2) is 7.63. The Balaban J connectivity index is 1.49. The van der Waals surface area contributed by atoms with Gasteiger partial charge in [-0.25, -0.2) is 13.5 Å². The first-order valence-electron chi connectivity index (χ1n) is 8.68. The molecule has 0 saturated carbocycles. The summed E-state index contributed by atoms with van der Waals surface area (Å²) in [4.78, 5) is 16.4. The van der Waals surface area contributed by atoms with E-state index in [1.165, 1.54) is 24.3 Å². The summed E-state index contributed by atoms with van der Waals surface area (Å²) in [7, 11) is 0. The van der Waals surface area contributed by atoms with Gasteiger partial charge in [-0.05, 0) is 48.9 Å². The van der Waals surface area contributed by atoms with Crippen molar-refractivity contribution in [2.45, 2.75) is 13.5 Å². The van der Waals surface area contributed by atoms with E-state index >= 15 is 0 Å². The highest BCUT2D eigenvalue weighted by molar-refractivity contribution is 5.89. The van der Waals surface area contributed by atoms with Crippen molar-refractivity contribution in [3.05, 3.63) is 83.5 Å². The Kier molecular flexibility index (Phi) is 4.86. The second-order valence-electron chi connectivity index (χ2n) is 6.28. The third-order valence-corrected chi connectivity index (χ3v) is 4.22. The standard InChI is InChI=1S/C20H15F2N5O2/c1-12-17(11-27(25-12)16-8-6-15(22)7-9-16)18-24-20(29-26-18)19(28)23-10-13-2-4-14(21)5-3-13/h2-9,11H,10H2,1H3,(H,23,28). The van der Waals surface area contributed by atoms with Gasteiger partial charge in [0.05, 0.1) is 16.9 Å². The zero-order chi connectivity index (χ0) is 20.4. The number of rotatable bonds is 5. The highest BCUT2D eigenvalue weighted by Gasteiger charge is 2.19. The van der Waals surface area contributed by atoms with Crippen molar-refractivity contribution in [1.29, 1.82) is 0 Å². The van der Waals surface area contributed by atoms with E-state index in [1.54, 1.807) is 42.1 Å². The fraction of sp³-hybridized carbons (Fsp3) is 0.100. The summed E-state index contributed by atoms with van der Waals surface area (Å²) in [5, 5.41) is 10.8. The Bertz CT molecular complexity index is 1150. The third-order valence-electron chi connectivity index (χ3n) is 4.22. The average molecular weight is 395 g/mol. The molecule has 7 nitrogen and oxygen atoms in total. The number of hydrogen-bond acceptors (Lipinski definition) is 5.